The predicted octanol–water partition coefficient (Wildman–Crippen LogP) is 2.47. The topological polar surface area (TPSA) is 12.5 Å². The fourth-order valence-electron chi connectivity index (χ4n) is 0.202. The third kappa shape index (κ3) is 26.1. The van der Waals surface area contributed by atoms with Crippen LogP contribution in [0.15, 0.2) is 12.7 Å². The summed E-state index contributed by atoms with van der Waals surface area (Å²) in [4.78, 5) is 4.91. The molecular formula is C9H21NO. The van der Waals surface area contributed by atoms with Crippen molar-refractivity contribution in [2.75, 3.05) is 20.7 Å². The fraction of sp³-hybridized carbons (Fsp3) is 0.778. The van der Waals surface area contributed by atoms with Gasteiger partial charge < -0.3 is 0 Å². The summed E-state index contributed by atoms with van der Waals surface area (Å²) >= 11 is 0. The molecule has 0 spiro atoms. The van der Waals surface area contributed by atoms with Gasteiger partial charge in [-0.25, -0.2) is 0 Å². The number of rotatable bonds is 4. The molecule has 0 unspecified atom stereocenters. The van der Waals surface area contributed by atoms with Crippen LogP contribution >= 0.6 is 0 Å². The van der Waals surface area contributed by atoms with Gasteiger partial charge in [-0.1, -0.05) is 32.8 Å². The quantitative estimate of drug-likeness (QED) is 0.461. The molecule has 0 aromatic rings. The number of hydroxylamine groups is 2. The van der Waals surface area contributed by atoms with Crippen LogP contribution in [-0.4, -0.2) is 25.8 Å². The van der Waals surface area contributed by atoms with E-state index in [0.29, 0.717) is 6.61 Å². The Balaban J connectivity index is 0. The van der Waals surface area contributed by atoms with E-state index in [2.05, 4.69) is 20.4 Å². The minimum Gasteiger partial charge on any atom is -0.295 e. The zero-order chi connectivity index (χ0) is 9.11. The molecule has 0 saturated carbocycles. The van der Waals surface area contributed by atoms with Gasteiger partial charge in [0.15, 0.2) is 0 Å². The van der Waals surface area contributed by atoms with E-state index in [0.717, 1.165) is 0 Å². The van der Waals surface area contributed by atoms with Crippen LogP contribution < -0.4 is 0 Å². The number of hydrogen-bond acceptors (Lipinski definition) is 2. The van der Waals surface area contributed by atoms with Gasteiger partial charge in [-0.3, -0.25) is 4.84 Å². The van der Waals surface area contributed by atoms with E-state index in [1.807, 2.05) is 14.1 Å². The van der Waals surface area contributed by atoms with E-state index in [4.69, 9.17) is 4.84 Å². The van der Waals surface area contributed by atoms with Crippen molar-refractivity contribution in [3.05, 3.63) is 12.7 Å². The van der Waals surface area contributed by atoms with Crippen LogP contribution in [0.25, 0.3) is 0 Å². The molecule has 2 heteroatoms. The lowest BCUT2D eigenvalue weighted by molar-refractivity contribution is -0.106. The summed E-state index contributed by atoms with van der Waals surface area (Å²) in [6, 6.07) is 0. The second kappa shape index (κ2) is 12.3. The van der Waals surface area contributed by atoms with Gasteiger partial charge in [0.25, 0.3) is 0 Å². The molecule has 0 aliphatic rings. The summed E-state index contributed by atoms with van der Waals surface area (Å²) in [5.41, 5.74) is 0. The molecule has 68 valence electrons. The molecule has 0 radical (unpaired) electrons. The summed E-state index contributed by atoms with van der Waals surface area (Å²) in [5.74, 6) is 0. The molecule has 0 aliphatic heterocycles. The third-order valence-electron chi connectivity index (χ3n) is 0.951. The minimum atomic E-state index is 0.590. The molecule has 0 aromatic carbocycles. The Morgan fingerprint density at radius 2 is 1.73 bits per heavy atom. The second-order valence-electron chi connectivity index (χ2n) is 2.40. The summed E-state index contributed by atoms with van der Waals surface area (Å²) in [7, 11) is 3.67. The molecule has 0 amide bonds. The van der Waals surface area contributed by atoms with Gasteiger partial charge in [-0.2, -0.15) is 5.06 Å². The second-order valence-corrected chi connectivity index (χ2v) is 2.40. The maximum Gasteiger partial charge on any atom is 0.0863 e. The van der Waals surface area contributed by atoms with Crippen molar-refractivity contribution in [1.29, 1.82) is 0 Å². The van der Waals surface area contributed by atoms with Crippen molar-refractivity contribution >= 4 is 0 Å². The average molecular weight is 159 g/mol. The summed E-state index contributed by atoms with van der Waals surface area (Å²) in [6.07, 6.45) is 4.35. The lowest BCUT2D eigenvalue weighted by Gasteiger charge is -2.05. The molecule has 0 fully saturated rings. The molecule has 2 nitrogen and oxygen atoms in total. The Kier molecular flexibility index (Phi) is 14.9. The van der Waals surface area contributed by atoms with Crippen molar-refractivity contribution in [1.82, 2.24) is 5.06 Å². The van der Waals surface area contributed by atoms with Gasteiger partial charge >= 0.3 is 0 Å². The third-order valence-corrected chi connectivity index (χ3v) is 0.951. The van der Waals surface area contributed by atoms with Crippen molar-refractivity contribution in [3.8, 4) is 0 Å². The SMILES string of the molecule is C=CCON(C)C.CCCC. The highest BCUT2D eigenvalue weighted by atomic mass is 16.7. The van der Waals surface area contributed by atoms with E-state index in [1.165, 1.54) is 12.8 Å². The van der Waals surface area contributed by atoms with Crippen molar-refractivity contribution in [2.45, 2.75) is 26.7 Å². The Bertz CT molecular complexity index is 70.0. The van der Waals surface area contributed by atoms with E-state index in [1.54, 1.807) is 11.1 Å². The van der Waals surface area contributed by atoms with E-state index in [9.17, 15) is 0 Å². The lowest BCUT2D eigenvalue weighted by Crippen LogP contribution is -2.11. The molecule has 0 atom stereocenters. The number of nitrogens with zero attached hydrogens (tertiary/aromatic N) is 1. The molecule has 11 heavy (non-hydrogen) atoms. The average Bonchev–Trinajstić information content (AvgIpc) is 2.01. The van der Waals surface area contributed by atoms with Crippen molar-refractivity contribution in [2.24, 2.45) is 0 Å². The normalized spacial score (nSPS) is 8.82. The van der Waals surface area contributed by atoms with Crippen LogP contribution in [-0.2, 0) is 4.84 Å². The largest absolute Gasteiger partial charge is 0.295 e. The first-order chi connectivity index (χ1) is 5.18. The molecule has 0 heterocycles. The summed E-state index contributed by atoms with van der Waals surface area (Å²) in [5, 5.41) is 1.64. The minimum absolute atomic E-state index is 0.590. The van der Waals surface area contributed by atoms with Gasteiger partial charge in [0.1, 0.15) is 0 Å². The van der Waals surface area contributed by atoms with Gasteiger partial charge in [-0.15, -0.1) is 6.58 Å². The van der Waals surface area contributed by atoms with Gasteiger partial charge in [0.2, 0.25) is 0 Å². The van der Waals surface area contributed by atoms with Crippen molar-refractivity contribution in [3.63, 3.8) is 0 Å². The maximum atomic E-state index is 4.91. The van der Waals surface area contributed by atoms with Crippen LogP contribution in [0.4, 0.5) is 0 Å². The Hall–Kier alpha value is -0.340. The first kappa shape index (κ1) is 13.3. The number of unbranched alkanes of at least 4 members (excludes halogenated alkanes) is 1. The number of hydrogen-bond donors (Lipinski definition) is 0. The Morgan fingerprint density at radius 1 is 1.27 bits per heavy atom. The molecular weight excluding hydrogens is 138 g/mol. The summed E-state index contributed by atoms with van der Waals surface area (Å²) in [6.45, 7) is 8.43. The van der Waals surface area contributed by atoms with Crippen LogP contribution in [0.3, 0.4) is 0 Å². The van der Waals surface area contributed by atoms with Crippen LogP contribution in [0, 0.1) is 0 Å². The van der Waals surface area contributed by atoms with Gasteiger partial charge in [0, 0.05) is 14.1 Å². The fourth-order valence-corrected chi connectivity index (χ4v) is 0.202. The zero-order valence-electron chi connectivity index (χ0n) is 8.26. The standard InChI is InChI=1S/C5H11NO.C4H10/c1-4-5-7-6(2)3;1-3-4-2/h4H,1,5H2,2-3H3;3-4H2,1-2H3. The predicted molar refractivity (Wildman–Crippen MR) is 50.4 cm³/mol. The van der Waals surface area contributed by atoms with Crippen molar-refractivity contribution < 1.29 is 4.84 Å². The molecule has 0 aliphatic carbocycles. The van der Waals surface area contributed by atoms with Gasteiger partial charge in [-0.05, 0) is 0 Å². The van der Waals surface area contributed by atoms with E-state index < -0.39 is 0 Å². The maximum absolute atomic E-state index is 4.91. The highest BCUT2D eigenvalue weighted by Crippen LogP contribution is 1.76. The zero-order valence-corrected chi connectivity index (χ0v) is 8.26. The highest BCUT2D eigenvalue weighted by molar-refractivity contribution is 4.62. The Labute approximate surface area is 70.8 Å². The molecule has 0 rings (SSSR count). The molecule has 0 bridgehead atoms. The van der Waals surface area contributed by atoms with E-state index >= 15 is 0 Å². The van der Waals surface area contributed by atoms with Crippen LogP contribution in [0.5, 0.6) is 0 Å². The first-order valence-electron chi connectivity index (χ1n) is 4.10. The van der Waals surface area contributed by atoms with Gasteiger partial charge in [0.05, 0.1) is 6.61 Å². The Morgan fingerprint density at radius 3 is 1.82 bits per heavy atom. The molecule has 0 aromatic heterocycles. The highest BCUT2D eigenvalue weighted by Gasteiger charge is 1.79. The monoisotopic (exact) mass is 159 g/mol. The molecule has 0 saturated heterocycles. The lowest BCUT2D eigenvalue weighted by atomic mass is 10.4. The van der Waals surface area contributed by atoms with Crippen LogP contribution in [0.1, 0.15) is 26.7 Å². The first-order valence-corrected chi connectivity index (χ1v) is 4.10. The smallest absolute Gasteiger partial charge is 0.0863 e. The van der Waals surface area contributed by atoms with E-state index in [-0.39, 0.29) is 0 Å². The summed E-state index contributed by atoms with van der Waals surface area (Å²) < 4.78 is 0. The molecule has 0 N–H and O–H groups in total. The van der Waals surface area contributed by atoms with Crippen LogP contribution in [0.2, 0.25) is 0 Å².